The summed E-state index contributed by atoms with van der Waals surface area (Å²) in [6.07, 6.45) is 1.16. The van der Waals surface area contributed by atoms with Crippen LogP contribution in [0.15, 0.2) is 93.3 Å². The van der Waals surface area contributed by atoms with Crippen molar-refractivity contribution in [2.75, 3.05) is 6.54 Å². The lowest BCUT2D eigenvalue weighted by Gasteiger charge is -2.21. The van der Waals surface area contributed by atoms with Crippen LogP contribution < -0.4 is 5.43 Å². The molecule has 3 aromatic rings. The van der Waals surface area contributed by atoms with Crippen molar-refractivity contribution in [1.82, 2.24) is 9.73 Å². The summed E-state index contributed by atoms with van der Waals surface area (Å²) in [5, 5.41) is 3.74. The van der Waals surface area contributed by atoms with Crippen molar-refractivity contribution in [3.05, 3.63) is 100 Å². The summed E-state index contributed by atoms with van der Waals surface area (Å²) in [4.78, 5) is 12.5. The van der Waals surface area contributed by atoms with Crippen LogP contribution in [0.4, 0.5) is 4.39 Å². The highest BCUT2D eigenvalue weighted by Gasteiger charge is 2.26. The van der Waals surface area contributed by atoms with Crippen LogP contribution >= 0.6 is 15.9 Å². The van der Waals surface area contributed by atoms with Gasteiger partial charge >= 0.3 is 0 Å². The lowest BCUT2D eigenvalue weighted by atomic mass is 10.2. The SMILES string of the molecule is O=C(CN(Cc1ccc(Br)cc1)S(=O)(=O)c1ccccc1)NN=Cc1ccccc1F. The predicted molar refractivity (Wildman–Crippen MR) is 120 cm³/mol. The molecule has 0 aliphatic rings. The number of hydrazone groups is 1. The molecule has 0 unspecified atom stereocenters. The average Bonchev–Trinajstić information content (AvgIpc) is 2.77. The van der Waals surface area contributed by atoms with E-state index >= 15 is 0 Å². The minimum Gasteiger partial charge on any atom is -0.272 e. The molecule has 31 heavy (non-hydrogen) atoms. The van der Waals surface area contributed by atoms with Crippen LogP contribution in [0.1, 0.15) is 11.1 Å². The molecule has 0 atom stereocenters. The number of benzene rings is 3. The number of sulfonamides is 1. The molecule has 9 heteroatoms. The first-order valence-corrected chi connectivity index (χ1v) is 11.5. The molecular weight excluding hydrogens is 485 g/mol. The number of hydrogen-bond donors (Lipinski definition) is 1. The van der Waals surface area contributed by atoms with Crippen LogP contribution in [-0.4, -0.2) is 31.4 Å². The Balaban J connectivity index is 1.78. The second-order valence-corrected chi connectivity index (χ2v) is 9.38. The second kappa shape index (κ2) is 10.4. The zero-order chi connectivity index (χ0) is 22.3. The number of carbonyl (C=O) groups excluding carboxylic acids is 1. The van der Waals surface area contributed by atoms with Gasteiger partial charge in [-0.1, -0.05) is 64.5 Å². The van der Waals surface area contributed by atoms with E-state index in [9.17, 15) is 17.6 Å². The van der Waals surface area contributed by atoms with Crippen LogP contribution in [0.25, 0.3) is 0 Å². The fraction of sp³-hybridized carbons (Fsp3) is 0.0909. The van der Waals surface area contributed by atoms with Crippen LogP contribution in [0.5, 0.6) is 0 Å². The van der Waals surface area contributed by atoms with Gasteiger partial charge in [0, 0.05) is 16.6 Å². The highest BCUT2D eigenvalue weighted by atomic mass is 79.9. The average molecular weight is 504 g/mol. The zero-order valence-electron chi connectivity index (χ0n) is 16.3. The van der Waals surface area contributed by atoms with Gasteiger partial charge in [0.2, 0.25) is 10.0 Å². The van der Waals surface area contributed by atoms with Crippen molar-refractivity contribution in [3.63, 3.8) is 0 Å². The molecule has 0 saturated carbocycles. The maximum absolute atomic E-state index is 13.6. The molecule has 0 saturated heterocycles. The van der Waals surface area contributed by atoms with Crippen LogP contribution in [0.2, 0.25) is 0 Å². The number of halogens is 2. The Kier molecular flexibility index (Phi) is 7.67. The Labute approximate surface area is 188 Å². The molecule has 0 aliphatic carbocycles. The summed E-state index contributed by atoms with van der Waals surface area (Å²) in [5.74, 6) is -1.13. The van der Waals surface area contributed by atoms with Crippen molar-refractivity contribution < 1.29 is 17.6 Å². The first-order valence-electron chi connectivity index (χ1n) is 9.22. The minimum atomic E-state index is -3.94. The molecule has 6 nitrogen and oxygen atoms in total. The molecule has 0 fully saturated rings. The Morgan fingerprint density at radius 3 is 2.32 bits per heavy atom. The van der Waals surface area contributed by atoms with Crippen molar-refractivity contribution in [2.45, 2.75) is 11.4 Å². The van der Waals surface area contributed by atoms with E-state index in [-0.39, 0.29) is 17.0 Å². The molecule has 1 amide bonds. The highest BCUT2D eigenvalue weighted by Crippen LogP contribution is 2.19. The summed E-state index contributed by atoms with van der Waals surface area (Å²) in [7, 11) is -3.94. The molecule has 3 aromatic carbocycles. The Bertz CT molecular complexity index is 1170. The Hall–Kier alpha value is -2.88. The number of carbonyl (C=O) groups is 1. The van der Waals surface area contributed by atoms with Gasteiger partial charge in [0.15, 0.2) is 0 Å². The topological polar surface area (TPSA) is 78.8 Å². The number of nitrogens with one attached hydrogen (secondary N) is 1. The van der Waals surface area contributed by atoms with Gasteiger partial charge in [-0.05, 0) is 35.9 Å². The van der Waals surface area contributed by atoms with E-state index in [0.717, 1.165) is 15.0 Å². The number of amides is 1. The summed E-state index contributed by atoms with van der Waals surface area (Å²) in [5.41, 5.74) is 3.17. The summed E-state index contributed by atoms with van der Waals surface area (Å²) >= 11 is 3.34. The predicted octanol–water partition coefficient (Wildman–Crippen LogP) is 3.93. The van der Waals surface area contributed by atoms with Crippen LogP contribution in [0, 0.1) is 5.82 Å². The van der Waals surface area contributed by atoms with Crippen molar-refractivity contribution in [2.24, 2.45) is 5.10 Å². The maximum atomic E-state index is 13.6. The maximum Gasteiger partial charge on any atom is 0.255 e. The first-order chi connectivity index (χ1) is 14.9. The lowest BCUT2D eigenvalue weighted by molar-refractivity contribution is -0.121. The van der Waals surface area contributed by atoms with E-state index in [1.54, 1.807) is 54.6 Å². The van der Waals surface area contributed by atoms with Gasteiger partial charge in [-0.15, -0.1) is 0 Å². The second-order valence-electron chi connectivity index (χ2n) is 6.53. The molecule has 0 heterocycles. The fourth-order valence-corrected chi connectivity index (χ4v) is 4.38. The third-order valence-corrected chi connectivity index (χ3v) is 6.61. The standard InChI is InChI=1S/C22H19BrFN3O3S/c23-19-12-10-17(11-13-19)15-27(31(29,30)20-7-2-1-3-8-20)16-22(28)26-25-14-18-6-4-5-9-21(18)24/h1-14H,15-16H2,(H,26,28). The van der Waals surface area contributed by atoms with Gasteiger partial charge in [-0.3, -0.25) is 4.79 Å². The first kappa shape index (κ1) is 22.8. The molecule has 0 aromatic heterocycles. The van der Waals surface area contributed by atoms with Gasteiger partial charge in [0.25, 0.3) is 5.91 Å². The molecular formula is C22H19BrFN3O3S. The minimum absolute atomic E-state index is 0.00500. The molecule has 3 rings (SSSR count). The summed E-state index contributed by atoms with van der Waals surface area (Å²) < 4.78 is 41.8. The van der Waals surface area contributed by atoms with E-state index in [2.05, 4.69) is 26.5 Å². The molecule has 0 bridgehead atoms. The third kappa shape index (κ3) is 6.30. The monoisotopic (exact) mass is 503 g/mol. The lowest BCUT2D eigenvalue weighted by Crippen LogP contribution is -2.39. The Morgan fingerprint density at radius 1 is 1.00 bits per heavy atom. The van der Waals surface area contributed by atoms with Gasteiger partial charge in [-0.25, -0.2) is 18.2 Å². The molecule has 1 N–H and O–H groups in total. The van der Waals surface area contributed by atoms with E-state index in [1.807, 2.05) is 0 Å². The van der Waals surface area contributed by atoms with Gasteiger partial charge < -0.3 is 0 Å². The van der Waals surface area contributed by atoms with Crippen LogP contribution in [0.3, 0.4) is 0 Å². The number of hydrogen-bond acceptors (Lipinski definition) is 4. The van der Waals surface area contributed by atoms with Gasteiger partial charge in [0.1, 0.15) is 5.82 Å². The Morgan fingerprint density at radius 2 is 1.65 bits per heavy atom. The molecule has 0 radical (unpaired) electrons. The van der Waals surface area contributed by atoms with Gasteiger partial charge in [-0.2, -0.15) is 9.41 Å². The van der Waals surface area contributed by atoms with Crippen molar-refractivity contribution >= 4 is 38.1 Å². The summed E-state index contributed by atoms with van der Waals surface area (Å²) in [6.45, 7) is -0.461. The third-order valence-electron chi connectivity index (χ3n) is 4.27. The molecule has 0 aliphatic heterocycles. The number of rotatable bonds is 8. The quantitative estimate of drug-likeness (QED) is 0.373. The largest absolute Gasteiger partial charge is 0.272 e. The normalized spacial score (nSPS) is 11.7. The van der Waals surface area contributed by atoms with Crippen LogP contribution in [-0.2, 0) is 21.4 Å². The highest BCUT2D eigenvalue weighted by molar-refractivity contribution is 9.10. The smallest absolute Gasteiger partial charge is 0.255 e. The number of nitrogens with zero attached hydrogens (tertiary/aromatic N) is 2. The van der Waals surface area contributed by atoms with E-state index in [4.69, 9.17) is 0 Å². The van der Waals surface area contributed by atoms with E-state index < -0.39 is 28.3 Å². The van der Waals surface area contributed by atoms with Crippen molar-refractivity contribution in [1.29, 1.82) is 0 Å². The zero-order valence-corrected chi connectivity index (χ0v) is 18.7. The summed E-state index contributed by atoms with van der Waals surface area (Å²) in [6, 6.07) is 21.0. The molecule has 0 spiro atoms. The van der Waals surface area contributed by atoms with Gasteiger partial charge in [0.05, 0.1) is 17.7 Å². The fourth-order valence-electron chi connectivity index (χ4n) is 2.71. The van der Waals surface area contributed by atoms with E-state index in [1.165, 1.54) is 24.3 Å². The van der Waals surface area contributed by atoms with Crippen molar-refractivity contribution in [3.8, 4) is 0 Å². The molecule has 160 valence electrons. The van der Waals surface area contributed by atoms with E-state index in [0.29, 0.717) is 5.56 Å².